The molecule has 0 aromatic heterocycles. The zero-order valence-electron chi connectivity index (χ0n) is 17.1. The molecule has 1 aliphatic rings. The molecule has 31 heavy (non-hydrogen) atoms. The van der Waals surface area contributed by atoms with Crippen molar-refractivity contribution < 1.29 is 19.0 Å². The van der Waals surface area contributed by atoms with Gasteiger partial charge in [0.1, 0.15) is 6.61 Å². The second kappa shape index (κ2) is 11.2. The van der Waals surface area contributed by atoms with Crippen LogP contribution in [0.4, 0.5) is 5.69 Å². The number of nitrogens with zero attached hydrogens (tertiary/aromatic N) is 2. The van der Waals surface area contributed by atoms with E-state index in [1.807, 2.05) is 48.5 Å². The third-order valence-electron chi connectivity index (χ3n) is 4.24. The number of benzene rings is 2. The maximum Gasteiger partial charge on any atom is 0.266 e. The number of methoxy groups -OCH3 is 2. The molecule has 0 radical (unpaired) electrons. The van der Waals surface area contributed by atoms with E-state index in [0.29, 0.717) is 34.7 Å². The molecule has 1 amide bonds. The zero-order valence-corrected chi connectivity index (χ0v) is 20.1. The molecule has 160 valence electrons. The highest BCUT2D eigenvalue weighted by Gasteiger charge is 2.33. The summed E-state index contributed by atoms with van der Waals surface area (Å²) in [6, 6.07) is 13.3. The first-order chi connectivity index (χ1) is 15.1. The fourth-order valence-electron chi connectivity index (χ4n) is 2.81. The summed E-state index contributed by atoms with van der Waals surface area (Å²) in [5.74, 6) is 3.48. The van der Waals surface area contributed by atoms with Crippen LogP contribution in [0.5, 0.6) is 11.5 Å². The van der Waals surface area contributed by atoms with Crippen molar-refractivity contribution in [3.63, 3.8) is 0 Å². The van der Waals surface area contributed by atoms with Gasteiger partial charge in [0, 0.05) is 7.11 Å². The molecule has 0 aliphatic carbocycles. The van der Waals surface area contributed by atoms with Gasteiger partial charge in [-0.25, -0.2) is 4.99 Å². The minimum absolute atomic E-state index is 0.113. The van der Waals surface area contributed by atoms with Gasteiger partial charge in [-0.3, -0.25) is 9.69 Å². The Bertz CT molecular complexity index is 1050. The molecule has 6 nitrogen and oxygen atoms in total. The molecule has 0 N–H and O–H groups in total. The molecule has 0 spiro atoms. The number of ether oxygens (including phenoxy) is 3. The summed E-state index contributed by atoms with van der Waals surface area (Å²) in [7, 11) is 3.17. The Labute approximate surface area is 199 Å². The summed E-state index contributed by atoms with van der Waals surface area (Å²) in [6.45, 7) is 0.986. The highest BCUT2D eigenvalue weighted by atomic mass is 127. The molecule has 1 heterocycles. The smallest absolute Gasteiger partial charge is 0.266 e. The normalized spacial score (nSPS) is 16.1. The van der Waals surface area contributed by atoms with Gasteiger partial charge < -0.3 is 14.2 Å². The van der Waals surface area contributed by atoms with Crippen LogP contribution in [0.15, 0.2) is 52.4 Å². The van der Waals surface area contributed by atoms with Crippen molar-refractivity contribution in [3.8, 4) is 23.8 Å². The quantitative estimate of drug-likeness (QED) is 0.275. The summed E-state index contributed by atoms with van der Waals surface area (Å²) in [5, 5.41) is 0.620. The molecular weight excluding hydrogens is 527 g/mol. The van der Waals surface area contributed by atoms with Crippen molar-refractivity contribution >= 4 is 57.2 Å². The first-order valence-corrected chi connectivity index (χ1v) is 11.2. The SMILES string of the molecule is C#CCOc1c(I)cc(/C=C2/SC(=Nc3ccccc3)N(CCOC)C2=O)cc1OC. The van der Waals surface area contributed by atoms with Gasteiger partial charge in [0.2, 0.25) is 0 Å². The van der Waals surface area contributed by atoms with E-state index in [1.165, 1.54) is 11.8 Å². The van der Waals surface area contributed by atoms with Crippen molar-refractivity contribution in [3.05, 3.63) is 56.5 Å². The molecule has 0 atom stereocenters. The molecule has 1 fully saturated rings. The Balaban J connectivity index is 1.95. The number of hydrogen-bond acceptors (Lipinski definition) is 6. The number of amides is 1. The van der Waals surface area contributed by atoms with Crippen molar-refractivity contribution in [2.24, 2.45) is 4.99 Å². The Kier molecular flexibility index (Phi) is 8.40. The van der Waals surface area contributed by atoms with E-state index in [2.05, 4.69) is 33.5 Å². The van der Waals surface area contributed by atoms with E-state index in [9.17, 15) is 4.79 Å². The number of thioether (sulfide) groups is 1. The van der Waals surface area contributed by atoms with Crippen LogP contribution in [0.3, 0.4) is 0 Å². The van der Waals surface area contributed by atoms with E-state index in [1.54, 1.807) is 19.1 Å². The van der Waals surface area contributed by atoms with Crippen LogP contribution in [0, 0.1) is 15.9 Å². The van der Waals surface area contributed by atoms with Crippen LogP contribution in [0.25, 0.3) is 6.08 Å². The lowest BCUT2D eigenvalue weighted by molar-refractivity contribution is -0.122. The molecule has 3 rings (SSSR count). The lowest BCUT2D eigenvalue weighted by Crippen LogP contribution is -2.32. The fourth-order valence-corrected chi connectivity index (χ4v) is 4.62. The number of amidine groups is 1. The summed E-state index contributed by atoms with van der Waals surface area (Å²) in [6.07, 6.45) is 7.12. The van der Waals surface area contributed by atoms with E-state index in [-0.39, 0.29) is 12.5 Å². The number of carbonyl (C=O) groups is 1. The third-order valence-corrected chi connectivity index (χ3v) is 6.05. The number of hydrogen-bond donors (Lipinski definition) is 0. The van der Waals surface area contributed by atoms with Gasteiger partial charge in [0.15, 0.2) is 16.7 Å². The second-order valence-electron chi connectivity index (χ2n) is 6.32. The number of rotatable bonds is 8. The number of para-hydroxylation sites is 1. The maximum atomic E-state index is 13.1. The number of halogens is 1. The van der Waals surface area contributed by atoms with E-state index in [4.69, 9.17) is 20.6 Å². The Morgan fingerprint density at radius 1 is 1.26 bits per heavy atom. The lowest BCUT2D eigenvalue weighted by atomic mass is 10.2. The summed E-state index contributed by atoms with van der Waals surface area (Å²) < 4.78 is 17.1. The van der Waals surface area contributed by atoms with Gasteiger partial charge in [-0.05, 0) is 70.3 Å². The first-order valence-electron chi connectivity index (χ1n) is 9.35. The molecule has 0 unspecified atom stereocenters. The van der Waals surface area contributed by atoms with Crippen LogP contribution in [0.2, 0.25) is 0 Å². The standard InChI is InChI=1S/C23H21IN2O4S/c1-4-11-30-21-18(24)13-16(14-19(21)29-3)15-20-22(27)26(10-12-28-2)23(31-20)25-17-8-6-5-7-9-17/h1,5-9,13-15H,10-12H2,2-3H3/b20-15+,25-23?. The van der Waals surface area contributed by atoms with E-state index in [0.717, 1.165) is 14.8 Å². The van der Waals surface area contributed by atoms with Crippen LogP contribution < -0.4 is 9.47 Å². The van der Waals surface area contributed by atoms with Crippen molar-refractivity contribution in [1.82, 2.24) is 4.90 Å². The van der Waals surface area contributed by atoms with Gasteiger partial charge in [0.05, 0.1) is 34.4 Å². The molecule has 1 aliphatic heterocycles. The molecule has 8 heteroatoms. The minimum Gasteiger partial charge on any atom is -0.493 e. The van der Waals surface area contributed by atoms with Crippen molar-refractivity contribution in [2.45, 2.75) is 0 Å². The van der Waals surface area contributed by atoms with Crippen molar-refractivity contribution in [1.29, 1.82) is 0 Å². The van der Waals surface area contributed by atoms with Gasteiger partial charge in [-0.2, -0.15) is 0 Å². The van der Waals surface area contributed by atoms with Crippen LogP contribution in [-0.2, 0) is 9.53 Å². The average Bonchev–Trinajstić information content (AvgIpc) is 3.05. The van der Waals surface area contributed by atoms with E-state index < -0.39 is 0 Å². The van der Waals surface area contributed by atoms with Gasteiger partial charge in [-0.15, -0.1) is 6.42 Å². The Morgan fingerprint density at radius 3 is 2.71 bits per heavy atom. The number of terminal acetylenes is 1. The highest BCUT2D eigenvalue weighted by molar-refractivity contribution is 14.1. The minimum atomic E-state index is -0.113. The molecule has 2 aromatic carbocycles. The first kappa shape index (κ1) is 23.2. The molecular formula is C23H21IN2O4S. The molecule has 2 aromatic rings. The predicted molar refractivity (Wildman–Crippen MR) is 133 cm³/mol. The summed E-state index contributed by atoms with van der Waals surface area (Å²) in [4.78, 5) is 20.0. The maximum absolute atomic E-state index is 13.1. The van der Waals surface area contributed by atoms with Crippen LogP contribution in [-0.4, -0.2) is 50.0 Å². The zero-order chi connectivity index (χ0) is 22.2. The molecule has 0 saturated carbocycles. The van der Waals surface area contributed by atoms with Gasteiger partial charge in [0.25, 0.3) is 5.91 Å². The predicted octanol–water partition coefficient (Wildman–Crippen LogP) is 4.56. The average molecular weight is 548 g/mol. The van der Waals surface area contributed by atoms with E-state index >= 15 is 0 Å². The number of aliphatic imine (C=N–C) groups is 1. The largest absolute Gasteiger partial charge is 0.493 e. The third kappa shape index (κ3) is 5.81. The Hall–Kier alpha value is -2.48. The van der Waals surface area contributed by atoms with Gasteiger partial charge >= 0.3 is 0 Å². The highest BCUT2D eigenvalue weighted by Crippen LogP contribution is 2.38. The van der Waals surface area contributed by atoms with Crippen molar-refractivity contribution in [2.75, 3.05) is 34.0 Å². The summed E-state index contributed by atoms with van der Waals surface area (Å²) >= 11 is 3.50. The fraction of sp³-hybridized carbons (Fsp3) is 0.217. The topological polar surface area (TPSA) is 60.4 Å². The Morgan fingerprint density at radius 2 is 2.03 bits per heavy atom. The van der Waals surface area contributed by atoms with Gasteiger partial charge in [-0.1, -0.05) is 24.1 Å². The molecule has 0 bridgehead atoms. The lowest BCUT2D eigenvalue weighted by Gasteiger charge is -2.14. The van der Waals surface area contributed by atoms with Crippen LogP contribution in [0.1, 0.15) is 5.56 Å². The number of carbonyl (C=O) groups excluding carboxylic acids is 1. The summed E-state index contributed by atoms with van der Waals surface area (Å²) in [5.41, 5.74) is 1.60. The monoisotopic (exact) mass is 548 g/mol. The molecule has 1 saturated heterocycles. The second-order valence-corrected chi connectivity index (χ2v) is 8.49. The van der Waals surface area contributed by atoms with Crippen LogP contribution >= 0.6 is 34.4 Å².